The first kappa shape index (κ1) is 23.6. The van der Waals surface area contributed by atoms with Gasteiger partial charge >= 0.3 is 6.03 Å². The first-order valence-corrected chi connectivity index (χ1v) is 11.1. The summed E-state index contributed by atoms with van der Waals surface area (Å²) in [6, 6.07) is 8.23. The van der Waals surface area contributed by atoms with Gasteiger partial charge in [0.2, 0.25) is 0 Å². The van der Waals surface area contributed by atoms with E-state index in [9.17, 15) is 4.79 Å². The van der Waals surface area contributed by atoms with Gasteiger partial charge in [-0.3, -0.25) is 9.47 Å². The lowest BCUT2D eigenvalue weighted by Gasteiger charge is -2.31. The van der Waals surface area contributed by atoms with Crippen LogP contribution in [-0.4, -0.2) is 77.9 Å². The molecule has 2 heterocycles. The number of rotatable bonds is 6. The number of aromatic nitrogens is 2. The first-order valence-electron chi connectivity index (χ1n) is 11.1. The highest BCUT2D eigenvalue weighted by molar-refractivity contribution is 5.85. The van der Waals surface area contributed by atoms with E-state index in [-0.39, 0.29) is 18.4 Å². The average molecular weight is 449 g/mol. The Morgan fingerprint density at radius 3 is 2.77 bits per heavy atom. The van der Waals surface area contributed by atoms with E-state index in [0.29, 0.717) is 12.6 Å². The summed E-state index contributed by atoms with van der Waals surface area (Å²) >= 11 is 0. The molecule has 1 aromatic carbocycles. The van der Waals surface area contributed by atoms with Crippen LogP contribution in [0.2, 0.25) is 0 Å². The summed E-state index contributed by atoms with van der Waals surface area (Å²) in [6.07, 6.45) is 9.29. The monoisotopic (exact) mass is 448 g/mol. The molecular formula is C23H33ClN4O3. The predicted octanol–water partition coefficient (Wildman–Crippen LogP) is 3.92. The third-order valence-electron chi connectivity index (χ3n) is 6.14. The molecule has 7 nitrogen and oxygen atoms in total. The Hall–Kier alpha value is -2.09. The zero-order chi connectivity index (χ0) is 20.8. The molecule has 2 aliphatic rings. The molecule has 2 fully saturated rings. The maximum Gasteiger partial charge on any atom is 0.329 e. The number of imidazole rings is 1. The lowest BCUT2D eigenvalue weighted by molar-refractivity contribution is 0.0322. The number of ether oxygens (including phenoxy) is 2. The molecule has 0 unspecified atom stereocenters. The summed E-state index contributed by atoms with van der Waals surface area (Å²) in [7, 11) is 1.90. The van der Waals surface area contributed by atoms with Gasteiger partial charge in [-0.2, -0.15) is 0 Å². The molecule has 0 N–H and O–H groups in total. The van der Waals surface area contributed by atoms with Crippen molar-refractivity contribution in [2.45, 2.75) is 38.1 Å². The van der Waals surface area contributed by atoms with E-state index < -0.39 is 0 Å². The van der Waals surface area contributed by atoms with E-state index in [1.165, 1.54) is 19.3 Å². The molecule has 31 heavy (non-hydrogen) atoms. The van der Waals surface area contributed by atoms with Gasteiger partial charge in [-0.15, -0.1) is 12.4 Å². The van der Waals surface area contributed by atoms with Crippen molar-refractivity contribution >= 4 is 18.4 Å². The number of hydrogen-bond acceptors (Lipinski definition) is 5. The van der Waals surface area contributed by atoms with E-state index in [4.69, 9.17) is 9.47 Å². The largest absolute Gasteiger partial charge is 0.492 e. The average Bonchev–Trinajstić information content (AvgIpc) is 3.30. The van der Waals surface area contributed by atoms with Crippen molar-refractivity contribution in [3.05, 3.63) is 36.8 Å². The van der Waals surface area contributed by atoms with Crippen LogP contribution in [0.3, 0.4) is 0 Å². The van der Waals surface area contributed by atoms with Gasteiger partial charge in [0.25, 0.3) is 0 Å². The quantitative estimate of drug-likeness (QED) is 0.670. The molecule has 1 saturated carbocycles. The van der Waals surface area contributed by atoms with Gasteiger partial charge in [-0.1, -0.05) is 31.4 Å². The molecule has 0 atom stereocenters. The van der Waals surface area contributed by atoms with Gasteiger partial charge in [-0.05, 0) is 25.0 Å². The van der Waals surface area contributed by atoms with Gasteiger partial charge in [0.1, 0.15) is 18.7 Å². The molecule has 1 aliphatic heterocycles. The highest BCUT2D eigenvalue weighted by atomic mass is 35.5. The lowest BCUT2D eigenvalue weighted by Crippen LogP contribution is -2.40. The van der Waals surface area contributed by atoms with E-state index in [2.05, 4.69) is 9.88 Å². The van der Waals surface area contributed by atoms with Crippen molar-refractivity contribution in [1.29, 1.82) is 0 Å². The number of benzene rings is 1. The fourth-order valence-corrected chi connectivity index (χ4v) is 4.25. The second-order valence-electron chi connectivity index (χ2n) is 8.18. The number of carbonyl (C=O) groups is 1. The summed E-state index contributed by atoms with van der Waals surface area (Å²) in [5.74, 6) is 0.820. The summed E-state index contributed by atoms with van der Waals surface area (Å²) in [5, 5.41) is 0. The van der Waals surface area contributed by atoms with Gasteiger partial charge in [-0.25, -0.2) is 9.78 Å². The normalized spacial score (nSPS) is 17.7. The molecule has 170 valence electrons. The molecule has 0 radical (unpaired) electrons. The van der Waals surface area contributed by atoms with E-state index in [1.807, 2.05) is 42.4 Å². The molecular weight excluding hydrogens is 416 g/mol. The Morgan fingerprint density at radius 2 is 2.00 bits per heavy atom. The Balaban J connectivity index is 0.00000272. The van der Waals surface area contributed by atoms with Crippen LogP contribution in [0.4, 0.5) is 4.79 Å². The SMILES string of the molecule is CN(C(=O)n1cnc(-c2cccc(OCCN3CCOCC3)c2)c1)C1CCCCC1.Cl. The lowest BCUT2D eigenvalue weighted by atomic mass is 9.95. The fraction of sp³-hybridized carbons (Fsp3) is 0.565. The Bertz CT molecular complexity index is 832. The van der Waals surface area contributed by atoms with Crippen LogP contribution in [-0.2, 0) is 4.74 Å². The Kier molecular flexibility index (Phi) is 8.75. The maximum absolute atomic E-state index is 12.9. The zero-order valence-corrected chi connectivity index (χ0v) is 19.1. The number of nitrogens with zero attached hydrogens (tertiary/aromatic N) is 4. The van der Waals surface area contributed by atoms with Crippen LogP contribution in [0, 0.1) is 0 Å². The van der Waals surface area contributed by atoms with E-state index in [1.54, 1.807) is 10.9 Å². The van der Waals surface area contributed by atoms with E-state index >= 15 is 0 Å². The van der Waals surface area contributed by atoms with Gasteiger partial charge < -0.3 is 14.4 Å². The van der Waals surface area contributed by atoms with Crippen molar-refractivity contribution in [1.82, 2.24) is 19.4 Å². The number of halogens is 1. The smallest absolute Gasteiger partial charge is 0.329 e. The standard InChI is InChI=1S/C23H32N4O3.ClH/c1-25(20-7-3-2-4-8-20)23(28)27-17-22(24-18-27)19-6-5-9-21(16-19)30-15-12-26-10-13-29-14-11-26;/h5-6,9,16-18,20H,2-4,7-8,10-15H2,1H3;1H. The predicted molar refractivity (Wildman–Crippen MR) is 123 cm³/mol. The molecule has 1 saturated heterocycles. The molecule has 0 spiro atoms. The van der Waals surface area contributed by atoms with Crippen LogP contribution in [0.15, 0.2) is 36.8 Å². The van der Waals surface area contributed by atoms with Crippen LogP contribution < -0.4 is 4.74 Å². The molecule has 8 heteroatoms. The maximum atomic E-state index is 12.9. The number of amides is 1. The number of hydrogen-bond donors (Lipinski definition) is 0. The summed E-state index contributed by atoms with van der Waals surface area (Å²) in [5.41, 5.74) is 1.73. The van der Waals surface area contributed by atoms with E-state index in [0.717, 1.165) is 62.7 Å². The minimum Gasteiger partial charge on any atom is -0.492 e. The zero-order valence-electron chi connectivity index (χ0n) is 18.2. The third-order valence-corrected chi connectivity index (χ3v) is 6.14. The Labute approximate surface area is 190 Å². The topological polar surface area (TPSA) is 59.8 Å². The summed E-state index contributed by atoms with van der Waals surface area (Å²) in [6.45, 7) is 5.06. The fourth-order valence-electron chi connectivity index (χ4n) is 4.25. The highest BCUT2D eigenvalue weighted by Gasteiger charge is 2.23. The third kappa shape index (κ3) is 6.21. The minimum absolute atomic E-state index is 0. The van der Waals surface area contributed by atoms with Crippen molar-refractivity contribution in [2.24, 2.45) is 0 Å². The second kappa shape index (κ2) is 11.5. The van der Waals surface area contributed by atoms with Crippen LogP contribution in [0.25, 0.3) is 11.3 Å². The Morgan fingerprint density at radius 1 is 1.23 bits per heavy atom. The molecule has 4 rings (SSSR count). The van der Waals surface area contributed by atoms with Crippen LogP contribution in [0.5, 0.6) is 5.75 Å². The van der Waals surface area contributed by atoms with Gasteiger partial charge in [0, 0.05) is 44.5 Å². The minimum atomic E-state index is -0.0152. The van der Waals surface area contributed by atoms with Crippen molar-refractivity contribution in [3.8, 4) is 17.0 Å². The van der Waals surface area contributed by atoms with Crippen molar-refractivity contribution in [2.75, 3.05) is 46.5 Å². The molecule has 1 aromatic heterocycles. The van der Waals surface area contributed by atoms with Crippen LogP contribution >= 0.6 is 12.4 Å². The number of carbonyl (C=O) groups excluding carboxylic acids is 1. The summed E-state index contributed by atoms with van der Waals surface area (Å²) < 4.78 is 12.9. The molecule has 2 aromatic rings. The second-order valence-corrected chi connectivity index (χ2v) is 8.18. The van der Waals surface area contributed by atoms with Crippen molar-refractivity contribution < 1.29 is 14.3 Å². The van der Waals surface area contributed by atoms with Gasteiger partial charge in [0.05, 0.1) is 18.9 Å². The van der Waals surface area contributed by atoms with Crippen LogP contribution in [0.1, 0.15) is 32.1 Å². The highest BCUT2D eigenvalue weighted by Crippen LogP contribution is 2.24. The molecule has 1 aliphatic carbocycles. The molecule has 0 bridgehead atoms. The number of morpholine rings is 1. The first-order chi connectivity index (χ1) is 14.7. The summed E-state index contributed by atoms with van der Waals surface area (Å²) in [4.78, 5) is 21.5. The van der Waals surface area contributed by atoms with Crippen molar-refractivity contribution in [3.63, 3.8) is 0 Å². The molecule has 1 amide bonds. The van der Waals surface area contributed by atoms with Gasteiger partial charge in [0.15, 0.2) is 0 Å².